The van der Waals surface area contributed by atoms with Crippen molar-refractivity contribution in [3.63, 3.8) is 0 Å². The van der Waals surface area contributed by atoms with Gasteiger partial charge in [-0.25, -0.2) is 4.98 Å². The van der Waals surface area contributed by atoms with Crippen molar-refractivity contribution in [3.8, 4) is 5.88 Å². The zero-order chi connectivity index (χ0) is 11.3. The summed E-state index contributed by atoms with van der Waals surface area (Å²) in [7, 11) is 1.66. The van der Waals surface area contributed by atoms with Crippen LogP contribution < -0.4 is 4.74 Å². The van der Waals surface area contributed by atoms with E-state index in [1.165, 1.54) is 19.3 Å². The van der Waals surface area contributed by atoms with Gasteiger partial charge in [0.1, 0.15) is 0 Å². The van der Waals surface area contributed by atoms with Crippen LogP contribution >= 0.6 is 0 Å². The second-order valence-electron chi connectivity index (χ2n) is 4.55. The minimum atomic E-state index is 0.143. The molecular formula is C13H21NO. The second kappa shape index (κ2) is 5.15. The third-order valence-corrected chi connectivity index (χ3v) is 2.78. The summed E-state index contributed by atoms with van der Waals surface area (Å²) in [5.74, 6) is 0.706. The summed E-state index contributed by atoms with van der Waals surface area (Å²) in [6.07, 6.45) is 3.64. The normalized spacial score (nSPS) is 11.5. The fourth-order valence-electron chi connectivity index (χ4n) is 1.65. The number of nitrogens with zero attached hydrogens (tertiary/aromatic N) is 1. The molecular weight excluding hydrogens is 186 g/mol. The summed E-state index contributed by atoms with van der Waals surface area (Å²) in [5, 5.41) is 0. The fourth-order valence-corrected chi connectivity index (χ4v) is 1.65. The van der Waals surface area contributed by atoms with E-state index in [1.54, 1.807) is 7.11 Å². The number of hydrogen-bond acceptors (Lipinski definition) is 2. The smallest absolute Gasteiger partial charge is 0.213 e. The van der Waals surface area contributed by atoms with E-state index >= 15 is 0 Å². The van der Waals surface area contributed by atoms with E-state index < -0.39 is 0 Å². The Kier molecular flexibility index (Phi) is 4.13. The molecule has 0 N–H and O–H groups in total. The minimum absolute atomic E-state index is 0.143. The maximum atomic E-state index is 5.14. The highest BCUT2D eigenvalue weighted by atomic mass is 16.5. The van der Waals surface area contributed by atoms with Crippen LogP contribution in [0.5, 0.6) is 5.88 Å². The lowest BCUT2D eigenvalue weighted by Gasteiger charge is -2.24. The van der Waals surface area contributed by atoms with Gasteiger partial charge in [-0.1, -0.05) is 39.7 Å². The highest BCUT2D eigenvalue weighted by molar-refractivity contribution is 5.21. The van der Waals surface area contributed by atoms with Crippen molar-refractivity contribution < 1.29 is 4.74 Å². The third kappa shape index (κ3) is 3.22. The van der Waals surface area contributed by atoms with Gasteiger partial charge < -0.3 is 4.74 Å². The zero-order valence-electron chi connectivity index (χ0n) is 10.2. The fraction of sp³-hybridized carbons (Fsp3) is 0.615. The van der Waals surface area contributed by atoms with E-state index in [9.17, 15) is 0 Å². The van der Waals surface area contributed by atoms with Gasteiger partial charge in [0.2, 0.25) is 5.88 Å². The number of pyridine rings is 1. The van der Waals surface area contributed by atoms with E-state index in [4.69, 9.17) is 4.74 Å². The third-order valence-electron chi connectivity index (χ3n) is 2.78. The topological polar surface area (TPSA) is 22.1 Å². The lowest BCUT2D eigenvalue weighted by atomic mass is 9.83. The molecule has 1 aromatic heterocycles. The molecule has 1 aromatic rings. The average molecular weight is 207 g/mol. The summed E-state index contributed by atoms with van der Waals surface area (Å²) in [5.41, 5.74) is 1.26. The molecule has 0 saturated heterocycles. The number of aromatic nitrogens is 1. The highest BCUT2D eigenvalue weighted by Gasteiger charge is 2.21. The number of unbranched alkanes of at least 4 members (excludes halogenated alkanes) is 1. The minimum Gasteiger partial charge on any atom is -0.481 e. The molecule has 0 bridgehead atoms. The molecule has 0 aliphatic heterocycles. The van der Waals surface area contributed by atoms with Crippen molar-refractivity contribution in [2.75, 3.05) is 7.11 Å². The van der Waals surface area contributed by atoms with Crippen molar-refractivity contribution in [2.24, 2.45) is 0 Å². The van der Waals surface area contributed by atoms with Gasteiger partial charge in [-0.3, -0.25) is 0 Å². The molecule has 0 unspecified atom stereocenters. The predicted molar refractivity (Wildman–Crippen MR) is 63.3 cm³/mol. The molecule has 0 fully saturated rings. The van der Waals surface area contributed by atoms with Crippen LogP contribution in [0.1, 0.15) is 45.7 Å². The van der Waals surface area contributed by atoms with Gasteiger partial charge in [0.25, 0.3) is 0 Å². The molecule has 2 nitrogen and oxygen atoms in total. The Labute approximate surface area is 92.7 Å². The first-order valence-corrected chi connectivity index (χ1v) is 5.61. The van der Waals surface area contributed by atoms with E-state index in [-0.39, 0.29) is 5.41 Å². The van der Waals surface area contributed by atoms with Gasteiger partial charge in [-0.2, -0.15) is 0 Å². The number of rotatable bonds is 5. The average Bonchev–Trinajstić information content (AvgIpc) is 2.26. The van der Waals surface area contributed by atoms with E-state index in [0.29, 0.717) is 5.88 Å². The molecule has 0 aromatic carbocycles. The molecule has 0 saturated carbocycles. The van der Waals surface area contributed by atoms with Gasteiger partial charge in [0.05, 0.1) is 12.8 Å². The Balaban J connectivity index is 2.83. The number of ether oxygens (including phenoxy) is 1. The van der Waals surface area contributed by atoms with E-state index in [0.717, 1.165) is 5.69 Å². The predicted octanol–water partition coefficient (Wildman–Crippen LogP) is 3.56. The molecule has 0 amide bonds. The molecule has 2 heteroatoms. The Bertz CT molecular complexity index is 307. The standard InChI is InChI=1S/C13H21NO/c1-5-6-10-13(2,3)11-8-7-9-12(14-11)15-4/h7-9H,5-6,10H2,1-4H3. The van der Waals surface area contributed by atoms with Crippen LogP contribution in [-0.4, -0.2) is 12.1 Å². The van der Waals surface area contributed by atoms with Crippen molar-refractivity contribution in [1.29, 1.82) is 0 Å². The van der Waals surface area contributed by atoms with Crippen LogP contribution in [0.25, 0.3) is 0 Å². The Hall–Kier alpha value is -1.05. The van der Waals surface area contributed by atoms with Crippen molar-refractivity contribution in [2.45, 2.75) is 45.4 Å². The van der Waals surface area contributed by atoms with Gasteiger partial charge in [-0.05, 0) is 12.5 Å². The molecule has 0 radical (unpaired) electrons. The Morgan fingerprint density at radius 1 is 1.33 bits per heavy atom. The van der Waals surface area contributed by atoms with Gasteiger partial charge >= 0.3 is 0 Å². The monoisotopic (exact) mass is 207 g/mol. The summed E-state index contributed by atoms with van der Waals surface area (Å²) in [6.45, 7) is 6.70. The van der Waals surface area contributed by atoms with Crippen LogP contribution in [0.2, 0.25) is 0 Å². The first kappa shape index (κ1) is 12.0. The highest BCUT2D eigenvalue weighted by Crippen LogP contribution is 2.28. The van der Waals surface area contributed by atoms with Crippen molar-refractivity contribution in [3.05, 3.63) is 23.9 Å². The van der Waals surface area contributed by atoms with Gasteiger partial charge in [-0.15, -0.1) is 0 Å². The van der Waals surface area contributed by atoms with Crippen molar-refractivity contribution in [1.82, 2.24) is 4.98 Å². The summed E-state index contributed by atoms with van der Waals surface area (Å²) in [6, 6.07) is 5.98. The number of methoxy groups -OCH3 is 1. The quantitative estimate of drug-likeness (QED) is 0.736. The molecule has 0 aliphatic rings. The molecule has 15 heavy (non-hydrogen) atoms. The summed E-state index contributed by atoms with van der Waals surface area (Å²) in [4.78, 5) is 4.49. The summed E-state index contributed by atoms with van der Waals surface area (Å²) >= 11 is 0. The molecule has 0 aliphatic carbocycles. The molecule has 1 heterocycles. The maximum absolute atomic E-state index is 5.14. The van der Waals surface area contributed by atoms with Crippen LogP contribution in [-0.2, 0) is 5.41 Å². The largest absolute Gasteiger partial charge is 0.481 e. The summed E-state index contributed by atoms with van der Waals surface area (Å²) < 4.78 is 5.14. The van der Waals surface area contributed by atoms with E-state index in [1.807, 2.05) is 12.1 Å². The van der Waals surface area contributed by atoms with Crippen LogP contribution in [0.4, 0.5) is 0 Å². The van der Waals surface area contributed by atoms with Crippen LogP contribution in [0, 0.1) is 0 Å². The SMILES string of the molecule is CCCCC(C)(C)c1cccc(OC)n1. The lowest BCUT2D eigenvalue weighted by Crippen LogP contribution is -2.18. The van der Waals surface area contributed by atoms with Crippen LogP contribution in [0.3, 0.4) is 0 Å². The first-order chi connectivity index (χ1) is 7.10. The Morgan fingerprint density at radius 3 is 2.67 bits per heavy atom. The lowest BCUT2D eigenvalue weighted by molar-refractivity contribution is 0.384. The Morgan fingerprint density at radius 2 is 2.07 bits per heavy atom. The molecule has 0 atom stereocenters. The van der Waals surface area contributed by atoms with E-state index in [2.05, 4.69) is 31.8 Å². The van der Waals surface area contributed by atoms with Gasteiger partial charge in [0, 0.05) is 11.5 Å². The maximum Gasteiger partial charge on any atom is 0.213 e. The van der Waals surface area contributed by atoms with Crippen LogP contribution in [0.15, 0.2) is 18.2 Å². The van der Waals surface area contributed by atoms with Crippen molar-refractivity contribution >= 4 is 0 Å². The molecule has 84 valence electrons. The molecule has 1 rings (SSSR count). The zero-order valence-corrected chi connectivity index (χ0v) is 10.2. The first-order valence-electron chi connectivity index (χ1n) is 5.61. The second-order valence-corrected chi connectivity index (χ2v) is 4.55. The molecule has 0 spiro atoms. The number of hydrogen-bond donors (Lipinski definition) is 0. The van der Waals surface area contributed by atoms with Gasteiger partial charge in [0.15, 0.2) is 0 Å².